The van der Waals surface area contributed by atoms with Crippen molar-refractivity contribution in [2.24, 2.45) is 0 Å². The van der Waals surface area contributed by atoms with Crippen LogP contribution in [0.25, 0.3) is 0 Å². The predicted molar refractivity (Wildman–Crippen MR) is 74.9 cm³/mol. The van der Waals surface area contributed by atoms with E-state index in [9.17, 15) is 4.79 Å². The highest BCUT2D eigenvalue weighted by atomic mass is 16.2. The van der Waals surface area contributed by atoms with Crippen LogP contribution < -0.4 is 0 Å². The molecule has 1 aliphatic carbocycles. The fraction of sp³-hybridized carbons (Fsp3) is 0.438. The van der Waals surface area contributed by atoms with Crippen LogP contribution >= 0.6 is 0 Å². The second kappa shape index (κ2) is 5.90. The van der Waals surface area contributed by atoms with E-state index in [0.717, 1.165) is 24.0 Å². The summed E-state index contributed by atoms with van der Waals surface area (Å²) in [6, 6.07) is 5.95. The number of carbonyl (C=O) groups excluding carboxylic acids is 1. The average Bonchev–Trinajstić information content (AvgIpc) is 2.34. The first kappa shape index (κ1) is 13.6. The molecule has 1 fully saturated rings. The molecule has 0 unspecified atom stereocenters. The molecule has 0 aromatic heterocycles. The molecule has 3 heteroatoms. The van der Waals surface area contributed by atoms with Crippen molar-refractivity contribution < 1.29 is 9.90 Å². The first-order chi connectivity index (χ1) is 9.15. The number of hydrogen-bond acceptors (Lipinski definition) is 2. The molecule has 3 nitrogen and oxygen atoms in total. The molecule has 0 bridgehead atoms. The summed E-state index contributed by atoms with van der Waals surface area (Å²) < 4.78 is 0. The molecular formula is C16H19NO2. The quantitative estimate of drug-likeness (QED) is 0.823. The Kier molecular flexibility index (Phi) is 4.24. The van der Waals surface area contributed by atoms with Gasteiger partial charge in [0.25, 0.3) is 5.91 Å². The summed E-state index contributed by atoms with van der Waals surface area (Å²) in [6.45, 7) is 1.74. The summed E-state index contributed by atoms with van der Waals surface area (Å²) in [5, 5.41) is 8.75. The minimum Gasteiger partial charge on any atom is -0.384 e. The summed E-state index contributed by atoms with van der Waals surface area (Å²) in [6.07, 6.45) is 3.42. The topological polar surface area (TPSA) is 40.5 Å². The lowest BCUT2D eigenvalue weighted by Gasteiger charge is -2.35. The van der Waals surface area contributed by atoms with Crippen LogP contribution in [0, 0.1) is 18.8 Å². The normalized spacial score (nSPS) is 14.3. The Morgan fingerprint density at radius 3 is 2.79 bits per heavy atom. The van der Waals surface area contributed by atoms with Crippen LogP contribution in [0.3, 0.4) is 0 Å². The lowest BCUT2D eigenvalue weighted by Crippen LogP contribution is -2.41. The highest BCUT2D eigenvalue weighted by Gasteiger charge is 2.27. The van der Waals surface area contributed by atoms with Gasteiger partial charge >= 0.3 is 0 Å². The van der Waals surface area contributed by atoms with E-state index >= 15 is 0 Å². The first-order valence-electron chi connectivity index (χ1n) is 6.61. The van der Waals surface area contributed by atoms with Gasteiger partial charge < -0.3 is 10.0 Å². The molecule has 0 radical (unpaired) electrons. The van der Waals surface area contributed by atoms with Crippen LogP contribution in [0.4, 0.5) is 0 Å². The maximum atomic E-state index is 12.5. The summed E-state index contributed by atoms with van der Waals surface area (Å²) in [4.78, 5) is 14.3. The van der Waals surface area contributed by atoms with Gasteiger partial charge in [-0.1, -0.05) is 17.9 Å². The molecule has 2 rings (SSSR count). The average molecular weight is 257 g/mol. The minimum atomic E-state index is -0.167. The zero-order valence-electron chi connectivity index (χ0n) is 11.4. The van der Waals surface area contributed by atoms with Crippen molar-refractivity contribution in [3.05, 3.63) is 34.9 Å². The lowest BCUT2D eigenvalue weighted by atomic mass is 9.91. The van der Waals surface area contributed by atoms with Crippen molar-refractivity contribution in [2.45, 2.75) is 32.2 Å². The number of benzene rings is 1. The molecule has 1 N–H and O–H groups in total. The van der Waals surface area contributed by atoms with Crippen molar-refractivity contribution in [3.63, 3.8) is 0 Å². The van der Waals surface area contributed by atoms with Crippen molar-refractivity contribution in [2.75, 3.05) is 13.7 Å². The zero-order valence-corrected chi connectivity index (χ0v) is 11.4. The third-order valence-corrected chi connectivity index (χ3v) is 3.81. The Bertz CT molecular complexity index is 535. The molecule has 1 aliphatic rings. The van der Waals surface area contributed by atoms with E-state index in [4.69, 9.17) is 5.11 Å². The molecular weight excluding hydrogens is 238 g/mol. The van der Waals surface area contributed by atoms with E-state index in [-0.39, 0.29) is 12.5 Å². The number of amides is 1. The molecule has 0 spiro atoms. The highest BCUT2D eigenvalue weighted by molar-refractivity contribution is 5.96. The molecule has 100 valence electrons. The van der Waals surface area contributed by atoms with Gasteiger partial charge in [0, 0.05) is 24.2 Å². The standard InChI is InChI=1S/C16H19NO2/c1-12-13(7-5-11-18)6-3-10-15(12)16(19)17(2)14-8-4-9-14/h3,6,10,14,18H,4,8-9,11H2,1-2H3. The number of aliphatic hydroxyl groups is 1. The third-order valence-electron chi connectivity index (χ3n) is 3.81. The Morgan fingerprint density at radius 1 is 1.47 bits per heavy atom. The van der Waals surface area contributed by atoms with E-state index in [1.54, 1.807) is 0 Å². The van der Waals surface area contributed by atoms with Crippen molar-refractivity contribution >= 4 is 5.91 Å². The Morgan fingerprint density at radius 2 is 2.21 bits per heavy atom. The van der Waals surface area contributed by atoms with Gasteiger partial charge in [-0.25, -0.2) is 0 Å². The van der Waals surface area contributed by atoms with E-state index in [1.807, 2.05) is 37.1 Å². The predicted octanol–water partition coefficient (Wildman–Crippen LogP) is 1.96. The molecule has 0 atom stereocenters. The minimum absolute atomic E-state index is 0.0647. The van der Waals surface area contributed by atoms with Crippen LogP contribution in [-0.4, -0.2) is 35.6 Å². The van der Waals surface area contributed by atoms with Crippen LogP contribution in [0.1, 0.15) is 40.7 Å². The third kappa shape index (κ3) is 2.80. The molecule has 0 heterocycles. The second-order valence-corrected chi connectivity index (χ2v) is 4.94. The highest BCUT2D eigenvalue weighted by Crippen LogP contribution is 2.25. The second-order valence-electron chi connectivity index (χ2n) is 4.94. The number of rotatable bonds is 2. The molecule has 1 saturated carbocycles. The summed E-state index contributed by atoms with van der Waals surface area (Å²) in [7, 11) is 1.87. The van der Waals surface area contributed by atoms with Gasteiger partial charge in [0.1, 0.15) is 6.61 Å². The number of nitrogens with zero attached hydrogens (tertiary/aromatic N) is 1. The largest absolute Gasteiger partial charge is 0.384 e. The van der Waals surface area contributed by atoms with Gasteiger partial charge in [-0.05, 0) is 43.9 Å². The smallest absolute Gasteiger partial charge is 0.254 e. The molecule has 0 aliphatic heterocycles. The Labute approximate surface area is 114 Å². The fourth-order valence-corrected chi connectivity index (χ4v) is 2.27. The first-order valence-corrected chi connectivity index (χ1v) is 6.61. The van der Waals surface area contributed by atoms with Crippen LogP contribution in [0.2, 0.25) is 0 Å². The van der Waals surface area contributed by atoms with E-state index < -0.39 is 0 Å². The molecule has 1 aromatic carbocycles. The number of carbonyl (C=O) groups is 1. The van der Waals surface area contributed by atoms with Gasteiger partial charge in [0.15, 0.2) is 0 Å². The monoisotopic (exact) mass is 257 g/mol. The SMILES string of the molecule is Cc1c(C#CCO)cccc1C(=O)N(C)C1CCC1. The van der Waals surface area contributed by atoms with Crippen LogP contribution in [0.5, 0.6) is 0 Å². The van der Waals surface area contributed by atoms with Crippen molar-refractivity contribution in [1.29, 1.82) is 0 Å². The van der Waals surface area contributed by atoms with Crippen LogP contribution in [0.15, 0.2) is 18.2 Å². The summed E-state index contributed by atoms with van der Waals surface area (Å²) in [5.74, 6) is 5.57. The summed E-state index contributed by atoms with van der Waals surface area (Å²) >= 11 is 0. The number of hydrogen-bond donors (Lipinski definition) is 1. The van der Waals surface area contributed by atoms with E-state index in [2.05, 4.69) is 11.8 Å². The Hall–Kier alpha value is -1.79. The van der Waals surface area contributed by atoms with Crippen molar-refractivity contribution in [3.8, 4) is 11.8 Å². The van der Waals surface area contributed by atoms with Gasteiger partial charge in [-0.2, -0.15) is 0 Å². The maximum absolute atomic E-state index is 12.5. The van der Waals surface area contributed by atoms with Gasteiger partial charge in [0.2, 0.25) is 0 Å². The molecule has 19 heavy (non-hydrogen) atoms. The summed E-state index contributed by atoms with van der Waals surface area (Å²) in [5.41, 5.74) is 2.40. The number of aliphatic hydroxyl groups excluding tert-OH is 1. The molecule has 1 aromatic rings. The van der Waals surface area contributed by atoms with Gasteiger partial charge in [0.05, 0.1) is 0 Å². The molecule has 1 amide bonds. The maximum Gasteiger partial charge on any atom is 0.254 e. The van der Waals surface area contributed by atoms with E-state index in [0.29, 0.717) is 11.6 Å². The van der Waals surface area contributed by atoms with Gasteiger partial charge in [-0.3, -0.25) is 4.79 Å². The molecule has 0 saturated heterocycles. The Balaban J connectivity index is 2.26. The van der Waals surface area contributed by atoms with Gasteiger partial charge in [-0.15, -0.1) is 0 Å². The fourth-order valence-electron chi connectivity index (χ4n) is 2.27. The lowest BCUT2D eigenvalue weighted by molar-refractivity contribution is 0.0651. The van der Waals surface area contributed by atoms with E-state index in [1.165, 1.54) is 6.42 Å². The zero-order chi connectivity index (χ0) is 13.8. The van der Waals surface area contributed by atoms with Crippen LogP contribution in [-0.2, 0) is 0 Å². The van der Waals surface area contributed by atoms with Crippen molar-refractivity contribution in [1.82, 2.24) is 4.90 Å².